The number of halogens is 1. The Bertz CT molecular complexity index is 300. The first-order chi connectivity index (χ1) is 6.09. The van der Waals surface area contributed by atoms with Gasteiger partial charge in [-0.15, -0.1) is 0 Å². The van der Waals surface area contributed by atoms with Crippen molar-refractivity contribution in [1.82, 2.24) is 10.3 Å². The van der Waals surface area contributed by atoms with Crippen LogP contribution in [-0.4, -0.2) is 16.9 Å². The number of hydrogen-bond acceptors (Lipinski definition) is 2. The van der Waals surface area contributed by atoms with Crippen molar-refractivity contribution in [3.63, 3.8) is 0 Å². The molecule has 0 aliphatic carbocycles. The van der Waals surface area contributed by atoms with Crippen LogP contribution >= 0.6 is 0 Å². The monoisotopic (exact) mass is 184 g/mol. The van der Waals surface area contributed by atoms with E-state index in [1.165, 1.54) is 12.3 Å². The van der Waals surface area contributed by atoms with Crippen LogP contribution in [0.25, 0.3) is 0 Å². The zero-order valence-corrected chi connectivity index (χ0v) is 7.54. The van der Waals surface area contributed by atoms with Gasteiger partial charge in [-0.25, -0.2) is 4.98 Å². The van der Waals surface area contributed by atoms with Crippen LogP contribution in [0, 0.1) is 5.95 Å². The van der Waals surface area contributed by atoms with Crippen LogP contribution in [0.15, 0.2) is 18.3 Å². The molecule has 13 heavy (non-hydrogen) atoms. The van der Waals surface area contributed by atoms with Gasteiger partial charge in [0.25, 0.3) is 5.91 Å². The minimum Gasteiger partial charge on any atom is -0.350 e. The summed E-state index contributed by atoms with van der Waals surface area (Å²) in [6, 6.07) is 2.63. The molecule has 0 bridgehead atoms. The number of pyridine rings is 1. The van der Waals surface area contributed by atoms with Crippen LogP contribution < -0.4 is 5.32 Å². The van der Waals surface area contributed by atoms with Gasteiger partial charge in [0.05, 0.1) is 5.56 Å². The molecule has 1 amide bonds. The molecule has 72 valence electrons. The lowest BCUT2D eigenvalue weighted by Gasteiger charge is -2.07. The van der Waals surface area contributed by atoms with Crippen molar-refractivity contribution in [3.05, 3.63) is 29.8 Å². The summed E-state index contributed by atoms with van der Waals surface area (Å²) in [6.45, 7) is 3.71. The van der Waals surface area contributed by atoms with Gasteiger partial charge in [0.2, 0.25) is 5.95 Å². The van der Waals surface area contributed by atoms with E-state index < -0.39 is 5.95 Å². The van der Waals surface area contributed by atoms with Crippen molar-refractivity contribution < 1.29 is 10.6 Å². The molecule has 1 aromatic rings. The fourth-order valence-electron chi connectivity index (χ4n) is 0.856. The number of aromatic nitrogens is 1. The van der Waals surface area contributed by atoms with Crippen LogP contribution in [0.2, 0.25) is 0 Å². The summed E-state index contributed by atoms with van der Waals surface area (Å²) in [5.74, 6) is -0.816. The fraction of sp³-hybridized carbons (Fsp3) is 0.333. The molecule has 0 saturated carbocycles. The van der Waals surface area contributed by atoms with Gasteiger partial charge < -0.3 is 5.32 Å². The first-order valence-corrected chi connectivity index (χ1v) is 4.02. The van der Waals surface area contributed by atoms with Crippen molar-refractivity contribution >= 4 is 5.91 Å². The number of carbonyl (C=O) groups is 1. The molecule has 1 aromatic heterocycles. The number of amides is 1. The molecule has 0 unspecified atom stereocenters. The Morgan fingerprint density at radius 2 is 2.31 bits per heavy atom. The van der Waals surface area contributed by atoms with Crippen LogP contribution in [0.3, 0.4) is 0 Å². The number of nitrogens with zero attached hydrogens (tertiary/aromatic N) is 1. The summed E-state index contributed by atoms with van der Waals surface area (Å²) in [5.41, 5.74) is 0.370. The van der Waals surface area contributed by atoms with E-state index in [0.717, 1.165) is 6.07 Å². The molecule has 0 spiro atoms. The fourth-order valence-corrected chi connectivity index (χ4v) is 0.856. The Labute approximate surface area is 77.5 Å². The average Bonchev–Trinajstić information content (AvgIpc) is 2.04. The maximum Gasteiger partial charge on any atom is 0.253 e. The Kier molecular flexibility index (Phi) is 2.95. The highest BCUT2D eigenvalue weighted by molar-refractivity contribution is 5.93. The molecule has 0 aliphatic heterocycles. The number of rotatable bonds is 2. The molecule has 0 radical (unpaired) electrons. The van der Waals surface area contributed by atoms with Crippen LogP contribution in [0.5, 0.6) is 0 Å². The average molecular weight is 184 g/mol. The minimum atomic E-state index is -0.582. The molecule has 3 nitrogen and oxygen atoms in total. The zero-order valence-electron chi connectivity index (χ0n) is 7.54. The maximum atomic E-state index is 12.4. The van der Waals surface area contributed by atoms with Gasteiger partial charge in [-0.1, -0.05) is 0 Å². The largest absolute Gasteiger partial charge is 0.350 e. The van der Waals surface area contributed by atoms with Gasteiger partial charge in [0.1, 0.15) is 0 Å². The lowest BCUT2D eigenvalue weighted by Crippen LogP contribution is -2.30. The second-order valence-corrected chi connectivity index (χ2v) is 3.00. The zero-order chi connectivity index (χ0) is 9.84. The van der Waals surface area contributed by atoms with Crippen molar-refractivity contribution in [2.45, 2.75) is 19.9 Å². The van der Waals surface area contributed by atoms with Gasteiger partial charge in [0.15, 0.2) is 0 Å². The van der Waals surface area contributed by atoms with Gasteiger partial charge >= 0.3 is 0 Å². The second-order valence-electron chi connectivity index (χ2n) is 3.00. The number of hydrogen-bond donors (Lipinski definition) is 1. The van der Waals surface area contributed by atoms with E-state index in [9.17, 15) is 9.18 Å². The molecule has 1 rings (SSSR count). The first-order valence-electron chi connectivity index (χ1n) is 4.02. The molecule has 0 aromatic carbocycles. The van der Waals surface area contributed by atoms with E-state index in [4.69, 9.17) is 0 Å². The first kappa shape index (κ1) is 9.64. The molecular formula is C9H13FN2O. The summed E-state index contributed by atoms with van der Waals surface area (Å²) in [7, 11) is 0. The summed E-state index contributed by atoms with van der Waals surface area (Å²) >= 11 is 0. The van der Waals surface area contributed by atoms with Crippen molar-refractivity contribution in [3.8, 4) is 0 Å². The SMILES string of the molecule is CC(C)NC(=O)c1ccc(F)nc1.[HH]. The highest BCUT2D eigenvalue weighted by atomic mass is 19.1. The topological polar surface area (TPSA) is 42.0 Å². The molecule has 0 atom stereocenters. The van der Waals surface area contributed by atoms with E-state index in [1.807, 2.05) is 13.8 Å². The molecule has 0 aliphatic rings. The van der Waals surface area contributed by atoms with Crippen molar-refractivity contribution in [1.29, 1.82) is 0 Å². The van der Waals surface area contributed by atoms with Crippen molar-refractivity contribution in [2.75, 3.05) is 0 Å². The Morgan fingerprint density at radius 1 is 1.62 bits per heavy atom. The second kappa shape index (κ2) is 3.98. The van der Waals surface area contributed by atoms with Gasteiger partial charge in [-0.3, -0.25) is 4.79 Å². The quantitative estimate of drug-likeness (QED) is 0.709. The highest BCUT2D eigenvalue weighted by Gasteiger charge is 2.06. The van der Waals surface area contributed by atoms with Gasteiger partial charge in [-0.2, -0.15) is 4.39 Å². The van der Waals surface area contributed by atoms with E-state index in [-0.39, 0.29) is 13.4 Å². The van der Waals surface area contributed by atoms with Crippen LogP contribution in [0.1, 0.15) is 25.6 Å². The normalized spacial score (nSPS) is 10.2. The Morgan fingerprint density at radius 3 is 2.77 bits per heavy atom. The molecule has 1 N–H and O–H groups in total. The van der Waals surface area contributed by atoms with Crippen LogP contribution in [0.4, 0.5) is 4.39 Å². The van der Waals surface area contributed by atoms with Gasteiger partial charge in [0, 0.05) is 13.7 Å². The summed E-state index contributed by atoms with van der Waals surface area (Å²) < 4.78 is 12.4. The van der Waals surface area contributed by atoms with E-state index in [0.29, 0.717) is 5.56 Å². The lowest BCUT2D eigenvalue weighted by atomic mass is 10.2. The summed E-state index contributed by atoms with van der Waals surface area (Å²) in [5, 5.41) is 2.68. The minimum absolute atomic E-state index is 0. The predicted molar refractivity (Wildman–Crippen MR) is 48.9 cm³/mol. The van der Waals surface area contributed by atoms with E-state index >= 15 is 0 Å². The number of carbonyl (C=O) groups excluding carboxylic acids is 1. The summed E-state index contributed by atoms with van der Waals surface area (Å²) in [4.78, 5) is 14.7. The Hall–Kier alpha value is -1.45. The number of nitrogens with one attached hydrogen (secondary N) is 1. The molecule has 0 saturated heterocycles. The summed E-state index contributed by atoms with van der Waals surface area (Å²) in [6.07, 6.45) is 1.22. The maximum absolute atomic E-state index is 12.4. The predicted octanol–water partition coefficient (Wildman–Crippen LogP) is 1.60. The van der Waals surface area contributed by atoms with E-state index in [1.54, 1.807) is 0 Å². The van der Waals surface area contributed by atoms with E-state index in [2.05, 4.69) is 10.3 Å². The highest BCUT2D eigenvalue weighted by Crippen LogP contribution is 1.99. The Balaban J connectivity index is 0.00000169. The molecule has 1 heterocycles. The lowest BCUT2D eigenvalue weighted by molar-refractivity contribution is 0.0942. The third kappa shape index (κ3) is 2.82. The van der Waals surface area contributed by atoms with Crippen molar-refractivity contribution in [2.24, 2.45) is 0 Å². The smallest absolute Gasteiger partial charge is 0.253 e. The van der Waals surface area contributed by atoms with Gasteiger partial charge in [-0.05, 0) is 26.0 Å². The third-order valence-electron chi connectivity index (χ3n) is 1.41. The molecular weight excluding hydrogens is 171 g/mol. The van der Waals surface area contributed by atoms with Crippen LogP contribution in [-0.2, 0) is 0 Å². The standard InChI is InChI=1S/C9H11FN2O.H2/c1-6(2)12-9(13)7-3-4-8(10)11-5-7;/h3-6H,1-2H3,(H,12,13);1H. The third-order valence-corrected chi connectivity index (χ3v) is 1.41. The molecule has 4 heteroatoms. The molecule has 0 fully saturated rings.